The first-order valence-corrected chi connectivity index (χ1v) is 3.61. The fourth-order valence-corrected chi connectivity index (χ4v) is 1.03. The molecule has 0 aromatic carbocycles. The van der Waals surface area contributed by atoms with Gasteiger partial charge in [-0.3, -0.25) is 9.79 Å². The molecule has 0 unspecified atom stereocenters. The molecule has 0 bridgehead atoms. The van der Waals surface area contributed by atoms with Crippen LogP contribution < -0.4 is 11.1 Å². The molecule has 0 atom stereocenters. The summed E-state index contributed by atoms with van der Waals surface area (Å²) in [6, 6.07) is 0. The Labute approximate surface area is 70.0 Å². The average Bonchev–Trinajstić information content (AvgIpc) is 2.37. The van der Waals surface area contributed by atoms with Crippen LogP contribution in [0.25, 0.3) is 0 Å². The SMILES string of the molecule is C/C(O)=C(\C(N)=O)C1=NCCN1. The van der Waals surface area contributed by atoms with Crippen LogP contribution in [0, 0.1) is 0 Å². The van der Waals surface area contributed by atoms with Crippen LogP contribution in [0.2, 0.25) is 0 Å². The fraction of sp³-hybridized carbons (Fsp3) is 0.429. The minimum Gasteiger partial charge on any atom is -0.512 e. The molecule has 0 spiro atoms. The van der Waals surface area contributed by atoms with E-state index in [2.05, 4.69) is 10.3 Å². The van der Waals surface area contributed by atoms with Gasteiger partial charge in [0, 0.05) is 6.54 Å². The summed E-state index contributed by atoms with van der Waals surface area (Å²) in [7, 11) is 0. The largest absolute Gasteiger partial charge is 0.512 e. The van der Waals surface area contributed by atoms with E-state index < -0.39 is 5.91 Å². The number of amides is 1. The molecular weight excluding hydrogens is 158 g/mol. The summed E-state index contributed by atoms with van der Waals surface area (Å²) < 4.78 is 0. The molecule has 0 aromatic rings. The van der Waals surface area contributed by atoms with Crippen LogP contribution in [0.5, 0.6) is 0 Å². The number of primary amides is 1. The Hall–Kier alpha value is -1.52. The lowest BCUT2D eigenvalue weighted by molar-refractivity contribution is -0.114. The van der Waals surface area contributed by atoms with Crippen LogP contribution in [0.3, 0.4) is 0 Å². The third-order valence-corrected chi connectivity index (χ3v) is 1.52. The minimum absolute atomic E-state index is 0.0764. The number of allylic oxidation sites excluding steroid dienone is 1. The van der Waals surface area contributed by atoms with E-state index in [0.29, 0.717) is 18.9 Å². The van der Waals surface area contributed by atoms with Crippen molar-refractivity contribution in [3.63, 3.8) is 0 Å². The first kappa shape index (κ1) is 8.58. The van der Waals surface area contributed by atoms with Crippen molar-refractivity contribution in [2.24, 2.45) is 10.7 Å². The highest BCUT2D eigenvalue weighted by Crippen LogP contribution is 2.04. The highest BCUT2D eigenvalue weighted by molar-refractivity contribution is 6.20. The van der Waals surface area contributed by atoms with Crippen molar-refractivity contribution in [3.8, 4) is 0 Å². The zero-order valence-electron chi connectivity index (χ0n) is 6.79. The zero-order chi connectivity index (χ0) is 9.14. The summed E-state index contributed by atoms with van der Waals surface area (Å²) in [6.07, 6.45) is 0. The predicted molar refractivity (Wildman–Crippen MR) is 44.8 cm³/mol. The third-order valence-electron chi connectivity index (χ3n) is 1.52. The van der Waals surface area contributed by atoms with Crippen molar-refractivity contribution in [2.45, 2.75) is 6.92 Å². The molecule has 4 N–H and O–H groups in total. The van der Waals surface area contributed by atoms with Gasteiger partial charge >= 0.3 is 0 Å². The molecule has 1 rings (SSSR count). The number of hydrogen-bond acceptors (Lipinski definition) is 4. The number of aliphatic imine (C=N–C) groups is 1. The van der Waals surface area contributed by atoms with Gasteiger partial charge in [0.15, 0.2) is 0 Å². The minimum atomic E-state index is -0.664. The van der Waals surface area contributed by atoms with Gasteiger partial charge in [-0.2, -0.15) is 0 Å². The normalized spacial score (nSPS) is 17.9. The third kappa shape index (κ3) is 1.55. The second kappa shape index (κ2) is 3.25. The van der Waals surface area contributed by atoms with Crippen LogP contribution in [-0.2, 0) is 4.79 Å². The topological polar surface area (TPSA) is 87.7 Å². The average molecular weight is 169 g/mol. The Balaban J connectivity index is 2.95. The van der Waals surface area contributed by atoms with Crippen molar-refractivity contribution in [1.29, 1.82) is 0 Å². The lowest BCUT2D eigenvalue weighted by Gasteiger charge is -2.04. The highest BCUT2D eigenvalue weighted by Gasteiger charge is 2.18. The van der Waals surface area contributed by atoms with Gasteiger partial charge in [0.25, 0.3) is 5.91 Å². The molecule has 0 saturated carbocycles. The van der Waals surface area contributed by atoms with Gasteiger partial charge in [0.2, 0.25) is 0 Å². The number of aliphatic hydroxyl groups excluding tert-OH is 1. The molecule has 0 fully saturated rings. The summed E-state index contributed by atoms with van der Waals surface area (Å²) in [5.74, 6) is -0.374. The number of rotatable bonds is 2. The summed E-state index contributed by atoms with van der Waals surface area (Å²) >= 11 is 0. The molecule has 12 heavy (non-hydrogen) atoms. The van der Waals surface area contributed by atoms with Gasteiger partial charge in [-0.1, -0.05) is 0 Å². The van der Waals surface area contributed by atoms with Crippen molar-refractivity contribution in [3.05, 3.63) is 11.3 Å². The fourth-order valence-electron chi connectivity index (χ4n) is 1.03. The van der Waals surface area contributed by atoms with Crippen molar-refractivity contribution >= 4 is 11.7 Å². The van der Waals surface area contributed by atoms with E-state index in [0.717, 1.165) is 0 Å². The second-order valence-electron chi connectivity index (χ2n) is 2.48. The van der Waals surface area contributed by atoms with E-state index in [-0.39, 0.29) is 11.3 Å². The van der Waals surface area contributed by atoms with Crippen molar-refractivity contribution in [2.75, 3.05) is 13.1 Å². The van der Waals surface area contributed by atoms with Crippen LogP contribution >= 0.6 is 0 Å². The number of aliphatic hydroxyl groups is 1. The molecule has 0 radical (unpaired) electrons. The van der Waals surface area contributed by atoms with E-state index in [9.17, 15) is 4.79 Å². The number of nitrogens with zero attached hydrogens (tertiary/aromatic N) is 1. The molecular formula is C7H11N3O2. The predicted octanol–water partition coefficient (Wildman–Crippen LogP) is -0.695. The summed E-state index contributed by atoms with van der Waals surface area (Å²) in [6.45, 7) is 2.70. The van der Waals surface area contributed by atoms with Gasteiger partial charge in [-0.25, -0.2) is 0 Å². The Morgan fingerprint density at radius 2 is 2.42 bits per heavy atom. The summed E-state index contributed by atoms with van der Waals surface area (Å²) in [5, 5.41) is 12.0. The molecule has 5 nitrogen and oxygen atoms in total. The van der Waals surface area contributed by atoms with Crippen LogP contribution in [0.1, 0.15) is 6.92 Å². The Morgan fingerprint density at radius 1 is 1.75 bits per heavy atom. The van der Waals surface area contributed by atoms with Gasteiger partial charge in [0.05, 0.1) is 6.54 Å². The Morgan fingerprint density at radius 3 is 2.75 bits per heavy atom. The van der Waals surface area contributed by atoms with E-state index in [1.165, 1.54) is 6.92 Å². The maximum atomic E-state index is 10.8. The monoisotopic (exact) mass is 169 g/mol. The molecule has 0 aromatic heterocycles. The molecule has 0 saturated heterocycles. The van der Waals surface area contributed by atoms with Gasteiger partial charge in [-0.05, 0) is 6.92 Å². The first-order valence-electron chi connectivity index (χ1n) is 3.61. The van der Waals surface area contributed by atoms with Gasteiger partial charge < -0.3 is 16.2 Å². The van der Waals surface area contributed by atoms with Crippen LogP contribution in [0.15, 0.2) is 16.3 Å². The number of nitrogens with one attached hydrogen (secondary N) is 1. The second-order valence-corrected chi connectivity index (χ2v) is 2.48. The molecule has 1 aliphatic heterocycles. The summed E-state index contributed by atoms with van der Waals surface area (Å²) in [4.78, 5) is 14.8. The molecule has 66 valence electrons. The number of amidine groups is 1. The van der Waals surface area contributed by atoms with Crippen LogP contribution in [-0.4, -0.2) is 29.9 Å². The maximum absolute atomic E-state index is 10.8. The highest BCUT2D eigenvalue weighted by atomic mass is 16.3. The number of carbonyl (C=O) groups excluding carboxylic acids is 1. The number of carbonyl (C=O) groups is 1. The van der Waals surface area contributed by atoms with E-state index in [4.69, 9.17) is 10.8 Å². The Bertz CT molecular complexity index is 264. The molecule has 1 amide bonds. The molecule has 1 aliphatic rings. The van der Waals surface area contributed by atoms with E-state index in [1.54, 1.807) is 0 Å². The van der Waals surface area contributed by atoms with Gasteiger partial charge in [0.1, 0.15) is 17.2 Å². The lowest BCUT2D eigenvalue weighted by atomic mass is 10.2. The molecule has 5 heteroatoms. The standard InChI is InChI=1S/C7H11N3O2/c1-4(11)5(6(8)12)7-9-2-3-10-7/h11H,2-3H2,1H3,(H2,8,12)(H,9,10)/b5-4-. The number of nitrogens with two attached hydrogens (primary N) is 1. The quantitative estimate of drug-likeness (QED) is 0.377. The Kier molecular flexibility index (Phi) is 2.32. The zero-order valence-corrected chi connectivity index (χ0v) is 6.79. The summed E-state index contributed by atoms with van der Waals surface area (Å²) in [5.41, 5.74) is 5.12. The van der Waals surface area contributed by atoms with Crippen molar-refractivity contribution in [1.82, 2.24) is 5.32 Å². The molecule has 1 heterocycles. The van der Waals surface area contributed by atoms with Gasteiger partial charge in [-0.15, -0.1) is 0 Å². The lowest BCUT2D eigenvalue weighted by Crippen LogP contribution is -2.29. The first-order chi connectivity index (χ1) is 5.63. The number of hydrogen-bond donors (Lipinski definition) is 3. The van der Waals surface area contributed by atoms with Crippen LogP contribution in [0.4, 0.5) is 0 Å². The smallest absolute Gasteiger partial charge is 0.255 e. The maximum Gasteiger partial charge on any atom is 0.255 e. The van der Waals surface area contributed by atoms with E-state index in [1.807, 2.05) is 0 Å². The van der Waals surface area contributed by atoms with E-state index >= 15 is 0 Å². The van der Waals surface area contributed by atoms with Crippen molar-refractivity contribution < 1.29 is 9.90 Å². The molecule has 0 aliphatic carbocycles.